The maximum absolute atomic E-state index is 13.4. The number of esters is 1. The molecule has 0 saturated carbocycles. The monoisotopic (exact) mass is 415 g/mol. The highest BCUT2D eigenvalue weighted by Gasteiger charge is 2.35. The van der Waals surface area contributed by atoms with Crippen LogP contribution in [0.25, 0.3) is 0 Å². The Kier molecular flexibility index (Phi) is 6.46. The standard InChI is InChI=1S/C17H21NO5S3/c1-22-17(19)16-15(7-12-25-16)26(20,21)18(13-5-9-23-10-6-13)8-4-14-3-2-11-24-14/h2-3,7,11-13H,4-6,8-10H2,1H3. The molecule has 2 aromatic rings. The second kappa shape index (κ2) is 8.62. The van der Waals surface area contributed by atoms with Crippen molar-refractivity contribution in [1.82, 2.24) is 4.31 Å². The lowest BCUT2D eigenvalue weighted by Crippen LogP contribution is -2.44. The minimum absolute atomic E-state index is 0.0343. The van der Waals surface area contributed by atoms with Crippen LogP contribution in [0.4, 0.5) is 0 Å². The average Bonchev–Trinajstić information content (AvgIpc) is 3.34. The second-order valence-electron chi connectivity index (χ2n) is 5.89. The van der Waals surface area contributed by atoms with Gasteiger partial charge in [0.25, 0.3) is 0 Å². The lowest BCUT2D eigenvalue weighted by Gasteiger charge is -2.33. The highest BCUT2D eigenvalue weighted by atomic mass is 32.2. The number of nitrogens with zero attached hydrogens (tertiary/aromatic N) is 1. The highest BCUT2D eigenvalue weighted by Crippen LogP contribution is 2.30. The van der Waals surface area contributed by atoms with Crippen molar-refractivity contribution in [1.29, 1.82) is 0 Å². The largest absolute Gasteiger partial charge is 0.465 e. The molecular weight excluding hydrogens is 394 g/mol. The Morgan fingerprint density at radius 1 is 1.27 bits per heavy atom. The van der Waals surface area contributed by atoms with Gasteiger partial charge in [-0.3, -0.25) is 0 Å². The summed E-state index contributed by atoms with van der Waals surface area (Å²) in [5.41, 5.74) is 0. The molecule has 0 unspecified atom stereocenters. The summed E-state index contributed by atoms with van der Waals surface area (Å²) < 4.78 is 38.4. The number of ether oxygens (including phenoxy) is 2. The van der Waals surface area contributed by atoms with Crippen molar-refractivity contribution in [2.45, 2.75) is 30.2 Å². The molecule has 142 valence electrons. The Morgan fingerprint density at radius 2 is 2.04 bits per heavy atom. The van der Waals surface area contributed by atoms with Crippen molar-refractivity contribution in [3.8, 4) is 0 Å². The number of hydrogen-bond donors (Lipinski definition) is 0. The topological polar surface area (TPSA) is 72.9 Å². The third-order valence-corrected chi connectivity index (χ3v) is 8.30. The second-order valence-corrected chi connectivity index (χ2v) is 9.70. The Bertz CT molecular complexity index is 822. The lowest BCUT2D eigenvalue weighted by atomic mass is 10.1. The van der Waals surface area contributed by atoms with E-state index in [4.69, 9.17) is 9.47 Å². The Labute approximate surface area is 161 Å². The van der Waals surface area contributed by atoms with Gasteiger partial charge in [0, 0.05) is 30.7 Å². The summed E-state index contributed by atoms with van der Waals surface area (Å²) in [5.74, 6) is -0.622. The Morgan fingerprint density at radius 3 is 2.69 bits per heavy atom. The van der Waals surface area contributed by atoms with Crippen molar-refractivity contribution in [2.75, 3.05) is 26.9 Å². The first-order valence-electron chi connectivity index (χ1n) is 8.32. The van der Waals surface area contributed by atoms with E-state index in [1.54, 1.807) is 21.0 Å². The van der Waals surface area contributed by atoms with Crippen LogP contribution in [0.1, 0.15) is 27.4 Å². The summed E-state index contributed by atoms with van der Waals surface area (Å²) in [6.07, 6.45) is 1.95. The van der Waals surface area contributed by atoms with Gasteiger partial charge in [0.05, 0.1) is 7.11 Å². The minimum Gasteiger partial charge on any atom is -0.465 e. The average molecular weight is 416 g/mol. The van der Waals surface area contributed by atoms with E-state index in [9.17, 15) is 13.2 Å². The smallest absolute Gasteiger partial charge is 0.349 e. The molecule has 0 spiro atoms. The zero-order valence-electron chi connectivity index (χ0n) is 14.4. The van der Waals surface area contributed by atoms with Crippen LogP contribution in [0.15, 0.2) is 33.9 Å². The Balaban J connectivity index is 1.91. The molecule has 0 N–H and O–H groups in total. The summed E-state index contributed by atoms with van der Waals surface area (Å²) in [6, 6.07) is 5.33. The molecule has 6 nitrogen and oxygen atoms in total. The van der Waals surface area contributed by atoms with Gasteiger partial charge in [0.1, 0.15) is 9.77 Å². The van der Waals surface area contributed by atoms with Crippen molar-refractivity contribution >= 4 is 38.7 Å². The van der Waals surface area contributed by atoms with E-state index in [1.165, 1.54) is 13.2 Å². The Hall–Kier alpha value is -1.26. The third-order valence-electron chi connectivity index (χ3n) is 4.34. The van der Waals surface area contributed by atoms with Crippen LogP contribution in [0, 0.1) is 0 Å². The van der Waals surface area contributed by atoms with E-state index in [0.717, 1.165) is 16.2 Å². The fourth-order valence-electron chi connectivity index (χ4n) is 3.02. The first kappa shape index (κ1) is 19.5. The fraction of sp³-hybridized carbons (Fsp3) is 0.471. The van der Waals surface area contributed by atoms with Gasteiger partial charge in [-0.05, 0) is 42.2 Å². The maximum atomic E-state index is 13.4. The molecule has 3 heterocycles. The van der Waals surface area contributed by atoms with E-state index in [0.29, 0.717) is 39.0 Å². The predicted molar refractivity (Wildman–Crippen MR) is 101 cm³/mol. The number of carbonyl (C=O) groups is 1. The van der Waals surface area contributed by atoms with E-state index in [-0.39, 0.29) is 15.8 Å². The van der Waals surface area contributed by atoms with E-state index in [1.807, 2.05) is 17.5 Å². The fourth-order valence-corrected chi connectivity index (χ4v) is 6.71. The molecule has 3 rings (SSSR count). The summed E-state index contributed by atoms with van der Waals surface area (Å²) in [4.78, 5) is 13.3. The third kappa shape index (κ3) is 4.17. The quantitative estimate of drug-likeness (QED) is 0.650. The van der Waals surface area contributed by atoms with Gasteiger partial charge in [-0.1, -0.05) is 6.07 Å². The summed E-state index contributed by atoms with van der Waals surface area (Å²) in [6.45, 7) is 1.47. The lowest BCUT2D eigenvalue weighted by molar-refractivity contribution is 0.0578. The predicted octanol–water partition coefficient (Wildman–Crippen LogP) is 3.01. The van der Waals surface area contributed by atoms with Gasteiger partial charge in [0.15, 0.2) is 0 Å². The van der Waals surface area contributed by atoms with Gasteiger partial charge in [-0.2, -0.15) is 4.31 Å². The maximum Gasteiger partial charge on any atom is 0.349 e. The SMILES string of the molecule is COC(=O)c1sccc1S(=O)(=O)N(CCc1cccs1)C1CCOCC1. The van der Waals surface area contributed by atoms with Crippen molar-refractivity contribution in [3.05, 3.63) is 38.7 Å². The van der Waals surface area contributed by atoms with Gasteiger partial charge in [-0.25, -0.2) is 13.2 Å². The molecule has 0 amide bonds. The van der Waals surface area contributed by atoms with E-state index >= 15 is 0 Å². The summed E-state index contributed by atoms with van der Waals surface area (Å²) in [5, 5.41) is 3.59. The first-order chi connectivity index (χ1) is 12.5. The normalized spacial score (nSPS) is 16.1. The van der Waals surface area contributed by atoms with Crippen LogP contribution in [-0.4, -0.2) is 51.6 Å². The van der Waals surface area contributed by atoms with Crippen molar-refractivity contribution < 1.29 is 22.7 Å². The molecule has 1 aliphatic heterocycles. The number of carbonyl (C=O) groups excluding carboxylic acids is 1. The molecule has 1 fully saturated rings. The number of methoxy groups -OCH3 is 1. The summed E-state index contributed by atoms with van der Waals surface area (Å²) in [7, 11) is -2.55. The molecule has 0 atom stereocenters. The van der Waals surface area contributed by atoms with Crippen LogP contribution in [0.2, 0.25) is 0 Å². The zero-order valence-corrected chi connectivity index (χ0v) is 16.9. The van der Waals surface area contributed by atoms with Gasteiger partial charge >= 0.3 is 5.97 Å². The van der Waals surface area contributed by atoms with Crippen molar-refractivity contribution in [3.63, 3.8) is 0 Å². The number of sulfonamides is 1. The van der Waals surface area contributed by atoms with Crippen LogP contribution in [0.3, 0.4) is 0 Å². The van der Waals surface area contributed by atoms with Crippen molar-refractivity contribution in [2.24, 2.45) is 0 Å². The van der Waals surface area contributed by atoms with Gasteiger partial charge in [0.2, 0.25) is 10.0 Å². The van der Waals surface area contributed by atoms with Gasteiger partial charge in [-0.15, -0.1) is 22.7 Å². The molecule has 0 aliphatic carbocycles. The van der Waals surface area contributed by atoms with E-state index < -0.39 is 16.0 Å². The first-order valence-corrected chi connectivity index (χ1v) is 11.5. The van der Waals surface area contributed by atoms with Crippen LogP contribution in [0.5, 0.6) is 0 Å². The van der Waals surface area contributed by atoms with Gasteiger partial charge < -0.3 is 9.47 Å². The molecule has 1 saturated heterocycles. The molecule has 9 heteroatoms. The van der Waals surface area contributed by atoms with Crippen LogP contribution >= 0.6 is 22.7 Å². The molecule has 1 aliphatic rings. The number of thiophene rings is 2. The highest BCUT2D eigenvalue weighted by molar-refractivity contribution is 7.89. The summed E-state index contributed by atoms with van der Waals surface area (Å²) >= 11 is 2.70. The minimum atomic E-state index is -3.80. The molecule has 0 radical (unpaired) electrons. The van der Waals surface area contributed by atoms with E-state index in [2.05, 4.69) is 0 Å². The molecule has 0 bridgehead atoms. The molecule has 2 aromatic heterocycles. The zero-order chi connectivity index (χ0) is 18.6. The molecular formula is C17H21NO5S3. The molecule has 26 heavy (non-hydrogen) atoms. The number of hydrogen-bond acceptors (Lipinski definition) is 7. The van der Waals surface area contributed by atoms with Crippen LogP contribution < -0.4 is 0 Å². The molecule has 0 aromatic carbocycles. The number of rotatable bonds is 7. The van der Waals surface area contributed by atoms with Crippen LogP contribution in [-0.2, 0) is 25.9 Å².